The van der Waals surface area contributed by atoms with Gasteiger partial charge in [0.15, 0.2) is 11.0 Å². The van der Waals surface area contributed by atoms with E-state index in [4.69, 9.17) is 16.0 Å². The molecule has 26 heavy (non-hydrogen) atoms. The summed E-state index contributed by atoms with van der Waals surface area (Å²) >= 11 is 7.31. The average Bonchev–Trinajstić information content (AvgIpc) is 3.24. The minimum absolute atomic E-state index is 0.0174. The van der Waals surface area contributed by atoms with Gasteiger partial charge in [0.25, 0.3) is 5.91 Å². The Morgan fingerprint density at radius 2 is 2.08 bits per heavy atom. The van der Waals surface area contributed by atoms with Gasteiger partial charge in [-0.15, -0.1) is 11.3 Å². The van der Waals surface area contributed by atoms with Crippen LogP contribution in [0.15, 0.2) is 22.1 Å². The summed E-state index contributed by atoms with van der Waals surface area (Å²) in [5.74, 6) is 0.0801. The van der Waals surface area contributed by atoms with Gasteiger partial charge in [-0.3, -0.25) is 9.59 Å². The summed E-state index contributed by atoms with van der Waals surface area (Å²) in [6.45, 7) is 2.62. The third-order valence-corrected chi connectivity index (χ3v) is 5.92. The molecule has 1 saturated carbocycles. The first kappa shape index (κ1) is 18.9. The van der Waals surface area contributed by atoms with Crippen molar-refractivity contribution in [2.45, 2.75) is 45.1 Å². The Balaban J connectivity index is 1.38. The molecule has 140 valence electrons. The number of furan rings is 1. The predicted octanol–water partition coefficient (Wildman–Crippen LogP) is 3.35. The van der Waals surface area contributed by atoms with Crippen LogP contribution in [0.25, 0.3) is 0 Å². The number of hydrogen-bond acceptors (Lipinski definition) is 5. The van der Waals surface area contributed by atoms with Crippen molar-refractivity contribution in [1.82, 2.24) is 15.6 Å². The van der Waals surface area contributed by atoms with Gasteiger partial charge in [-0.2, -0.15) is 0 Å². The molecular weight excluding hydrogens is 374 g/mol. The number of nitrogens with zero attached hydrogens (tertiary/aromatic N) is 1. The van der Waals surface area contributed by atoms with E-state index < -0.39 is 0 Å². The van der Waals surface area contributed by atoms with Gasteiger partial charge in [0, 0.05) is 29.8 Å². The highest BCUT2D eigenvalue weighted by Gasteiger charge is 2.27. The van der Waals surface area contributed by atoms with Crippen molar-refractivity contribution in [1.29, 1.82) is 0 Å². The zero-order valence-electron chi connectivity index (χ0n) is 14.6. The van der Waals surface area contributed by atoms with Crippen LogP contribution in [0, 0.1) is 12.8 Å². The maximum atomic E-state index is 12.3. The number of aryl methyl sites for hydroxylation is 1. The van der Waals surface area contributed by atoms with Crippen LogP contribution in [-0.4, -0.2) is 29.4 Å². The zero-order valence-corrected chi connectivity index (χ0v) is 16.2. The third kappa shape index (κ3) is 4.86. The molecule has 0 atom stereocenters. The van der Waals surface area contributed by atoms with Gasteiger partial charge in [0.05, 0.1) is 11.2 Å². The van der Waals surface area contributed by atoms with Gasteiger partial charge in [0.1, 0.15) is 0 Å². The summed E-state index contributed by atoms with van der Waals surface area (Å²) in [5.41, 5.74) is 2.87. The fourth-order valence-electron chi connectivity index (χ4n) is 3.20. The van der Waals surface area contributed by atoms with Crippen LogP contribution in [0.4, 0.5) is 0 Å². The summed E-state index contributed by atoms with van der Waals surface area (Å²) in [4.78, 5) is 29.8. The number of nitrogens with one attached hydrogen (secondary N) is 2. The van der Waals surface area contributed by atoms with Crippen LogP contribution >= 0.6 is 22.9 Å². The first-order valence-corrected chi connectivity index (χ1v) is 10.0. The fourth-order valence-corrected chi connectivity index (χ4v) is 4.13. The molecular formula is C18H22ClN3O3S. The van der Waals surface area contributed by atoms with E-state index in [-0.39, 0.29) is 34.8 Å². The second kappa shape index (κ2) is 8.68. The van der Waals surface area contributed by atoms with Crippen LogP contribution in [0.5, 0.6) is 0 Å². The second-order valence-corrected chi connectivity index (χ2v) is 7.84. The van der Waals surface area contributed by atoms with Crippen LogP contribution in [0.2, 0.25) is 5.22 Å². The molecule has 1 aliphatic rings. The van der Waals surface area contributed by atoms with E-state index in [0.29, 0.717) is 6.54 Å². The number of carbonyl (C=O) groups is 2. The number of aromatic nitrogens is 1. The van der Waals surface area contributed by atoms with Crippen LogP contribution in [-0.2, 0) is 11.2 Å². The lowest BCUT2D eigenvalue weighted by Gasteiger charge is -2.28. The molecule has 0 aliphatic heterocycles. The summed E-state index contributed by atoms with van der Waals surface area (Å²) in [5, 5.41) is 6.17. The fraction of sp³-hybridized carbons (Fsp3) is 0.500. The van der Waals surface area contributed by atoms with E-state index in [1.54, 1.807) is 23.5 Å². The Kier molecular flexibility index (Phi) is 6.32. The molecule has 2 amide bonds. The lowest BCUT2D eigenvalue weighted by molar-refractivity contribution is -0.126. The number of amides is 2. The predicted molar refractivity (Wildman–Crippen MR) is 100 cm³/mol. The second-order valence-electron chi connectivity index (χ2n) is 6.53. The molecule has 2 aromatic heterocycles. The van der Waals surface area contributed by atoms with Gasteiger partial charge in [-0.05, 0) is 56.3 Å². The Hall–Kier alpha value is -1.86. The third-order valence-electron chi connectivity index (χ3n) is 4.73. The molecule has 6 nitrogen and oxygen atoms in total. The van der Waals surface area contributed by atoms with E-state index in [0.717, 1.165) is 37.8 Å². The van der Waals surface area contributed by atoms with E-state index in [9.17, 15) is 9.59 Å². The summed E-state index contributed by atoms with van der Waals surface area (Å²) in [6, 6.07) is 3.17. The summed E-state index contributed by atoms with van der Waals surface area (Å²) in [7, 11) is 0. The SMILES string of the molecule is Cc1ncsc1CCNC(=O)C1CCC(NC(=O)c2ccc(Cl)o2)CC1. The largest absolute Gasteiger partial charge is 0.440 e. The highest BCUT2D eigenvalue weighted by molar-refractivity contribution is 7.09. The highest BCUT2D eigenvalue weighted by Crippen LogP contribution is 2.25. The van der Waals surface area contributed by atoms with Crippen LogP contribution in [0.1, 0.15) is 46.8 Å². The van der Waals surface area contributed by atoms with Crippen molar-refractivity contribution in [3.63, 3.8) is 0 Å². The Morgan fingerprint density at radius 1 is 1.31 bits per heavy atom. The van der Waals surface area contributed by atoms with Gasteiger partial charge < -0.3 is 15.1 Å². The monoisotopic (exact) mass is 395 g/mol. The summed E-state index contributed by atoms with van der Waals surface area (Å²) in [6.07, 6.45) is 3.93. The van der Waals surface area contributed by atoms with Crippen LogP contribution in [0.3, 0.4) is 0 Å². The molecule has 1 fully saturated rings. The molecule has 3 rings (SSSR count). The molecule has 0 unspecified atom stereocenters. The standard InChI is InChI=1S/C18H22ClN3O3S/c1-11-15(26-10-21-11)8-9-20-17(23)12-2-4-13(5-3-12)22-18(24)14-6-7-16(19)25-14/h6-7,10,12-13H,2-5,8-9H2,1H3,(H,20,23)(H,22,24). The summed E-state index contributed by atoms with van der Waals surface area (Å²) < 4.78 is 5.12. The minimum Gasteiger partial charge on any atom is -0.440 e. The molecule has 2 heterocycles. The quantitative estimate of drug-likeness (QED) is 0.785. The smallest absolute Gasteiger partial charge is 0.287 e. The molecule has 0 radical (unpaired) electrons. The van der Waals surface area contributed by atoms with Gasteiger partial charge in [0.2, 0.25) is 5.91 Å². The molecule has 2 N–H and O–H groups in total. The minimum atomic E-state index is -0.260. The molecule has 0 aromatic carbocycles. The number of hydrogen-bond donors (Lipinski definition) is 2. The number of carbonyl (C=O) groups excluding carboxylic acids is 2. The highest BCUT2D eigenvalue weighted by atomic mass is 35.5. The van der Waals surface area contributed by atoms with E-state index >= 15 is 0 Å². The van der Waals surface area contributed by atoms with E-state index in [2.05, 4.69) is 15.6 Å². The van der Waals surface area contributed by atoms with Crippen molar-refractivity contribution >= 4 is 34.8 Å². The Bertz CT molecular complexity index is 765. The lowest BCUT2D eigenvalue weighted by Crippen LogP contribution is -2.41. The van der Waals surface area contributed by atoms with Crippen molar-refractivity contribution < 1.29 is 14.0 Å². The van der Waals surface area contributed by atoms with Crippen LogP contribution < -0.4 is 10.6 Å². The number of halogens is 1. The molecule has 2 aromatic rings. The van der Waals surface area contributed by atoms with E-state index in [1.807, 2.05) is 12.4 Å². The van der Waals surface area contributed by atoms with Gasteiger partial charge in [-0.25, -0.2) is 4.98 Å². The first-order chi connectivity index (χ1) is 12.5. The molecule has 0 spiro atoms. The zero-order chi connectivity index (χ0) is 18.5. The lowest BCUT2D eigenvalue weighted by atomic mass is 9.85. The molecule has 8 heteroatoms. The van der Waals surface area contributed by atoms with Gasteiger partial charge in [-0.1, -0.05) is 0 Å². The topological polar surface area (TPSA) is 84.2 Å². The molecule has 0 saturated heterocycles. The van der Waals surface area contributed by atoms with E-state index in [1.165, 1.54) is 4.88 Å². The average molecular weight is 396 g/mol. The van der Waals surface area contributed by atoms with Crippen molar-refractivity contribution in [3.8, 4) is 0 Å². The van der Waals surface area contributed by atoms with Crippen molar-refractivity contribution in [2.24, 2.45) is 5.92 Å². The number of thiazole rings is 1. The molecule has 1 aliphatic carbocycles. The van der Waals surface area contributed by atoms with Crippen molar-refractivity contribution in [2.75, 3.05) is 6.54 Å². The maximum Gasteiger partial charge on any atom is 0.287 e. The molecule has 0 bridgehead atoms. The number of rotatable bonds is 6. The normalized spacial score (nSPS) is 19.9. The van der Waals surface area contributed by atoms with Crippen molar-refractivity contribution in [3.05, 3.63) is 39.2 Å². The first-order valence-electron chi connectivity index (χ1n) is 8.76. The Labute approximate surface area is 161 Å². The maximum absolute atomic E-state index is 12.3. The Morgan fingerprint density at radius 3 is 2.69 bits per heavy atom. The van der Waals surface area contributed by atoms with Gasteiger partial charge >= 0.3 is 0 Å².